The number of carbonyl (C=O) groups excluding carboxylic acids is 3. The molecule has 9 nitrogen and oxygen atoms in total. The van der Waals surface area contributed by atoms with E-state index >= 15 is 0 Å². The number of amides is 3. The molecule has 1 atom stereocenters. The molecule has 0 aliphatic carbocycles. The zero-order chi connectivity index (χ0) is 21.3. The maximum atomic E-state index is 12.9. The summed E-state index contributed by atoms with van der Waals surface area (Å²) in [6.45, 7) is 4.43. The van der Waals surface area contributed by atoms with E-state index in [1.54, 1.807) is 11.0 Å². The molecule has 160 valence electrons. The van der Waals surface area contributed by atoms with Crippen molar-refractivity contribution in [1.29, 1.82) is 0 Å². The van der Waals surface area contributed by atoms with E-state index in [0.29, 0.717) is 18.5 Å². The second-order valence-corrected chi connectivity index (χ2v) is 8.10. The van der Waals surface area contributed by atoms with Crippen molar-refractivity contribution in [3.63, 3.8) is 0 Å². The van der Waals surface area contributed by atoms with Gasteiger partial charge in [-0.25, -0.2) is 0 Å². The van der Waals surface area contributed by atoms with Crippen LogP contribution in [-0.4, -0.2) is 88.8 Å². The predicted octanol–water partition coefficient (Wildman–Crippen LogP) is -0.308. The van der Waals surface area contributed by atoms with Crippen LogP contribution in [0.2, 0.25) is 0 Å². The van der Waals surface area contributed by atoms with Gasteiger partial charge in [0, 0.05) is 51.3 Å². The molecule has 3 aliphatic rings. The van der Waals surface area contributed by atoms with Crippen LogP contribution in [0.25, 0.3) is 0 Å². The lowest BCUT2D eigenvalue weighted by molar-refractivity contribution is -0.139. The molecule has 3 heterocycles. The molecule has 0 saturated carbocycles. The van der Waals surface area contributed by atoms with E-state index in [-0.39, 0.29) is 24.8 Å². The number of carboxylic acid groups (broad SMARTS) is 1. The predicted molar refractivity (Wildman–Crippen MR) is 107 cm³/mol. The van der Waals surface area contributed by atoms with Gasteiger partial charge in [0.05, 0.1) is 6.54 Å². The van der Waals surface area contributed by atoms with Gasteiger partial charge in [0.1, 0.15) is 6.04 Å². The molecule has 30 heavy (non-hydrogen) atoms. The van der Waals surface area contributed by atoms with Crippen LogP contribution in [-0.2, 0) is 27.3 Å². The van der Waals surface area contributed by atoms with Gasteiger partial charge in [-0.15, -0.1) is 0 Å². The summed E-state index contributed by atoms with van der Waals surface area (Å²) < 4.78 is 0. The molecule has 0 radical (unpaired) electrons. The molecule has 2 N–H and O–H groups in total. The molecule has 1 aromatic carbocycles. The van der Waals surface area contributed by atoms with Crippen LogP contribution in [0.15, 0.2) is 18.2 Å². The lowest BCUT2D eigenvalue weighted by Gasteiger charge is -2.33. The van der Waals surface area contributed by atoms with Gasteiger partial charge in [-0.1, -0.05) is 12.1 Å². The highest BCUT2D eigenvalue weighted by Crippen LogP contribution is 2.30. The average molecular weight is 414 g/mol. The van der Waals surface area contributed by atoms with Gasteiger partial charge >= 0.3 is 5.97 Å². The van der Waals surface area contributed by atoms with Crippen molar-refractivity contribution in [3.05, 3.63) is 34.9 Å². The van der Waals surface area contributed by atoms with Crippen LogP contribution < -0.4 is 5.32 Å². The summed E-state index contributed by atoms with van der Waals surface area (Å²) in [6, 6.07) is 5.11. The summed E-state index contributed by atoms with van der Waals surface area (Å²) >= 11 is 0. The van der Waals surface area contributed by atoms with E-state index in [1.807, 2.05) is 17.0 Å². The standard InChI is InChI=1S/C21H26N4O5/c26-18-5-4-17(20(29)22-18)25-12-16-14(2-1-3-15(16)21(25)30)6-7-23-8-10-24(11-9-23)13-19(27)28/h1-3,17H,4-13H2,(H,27,28)(H,22,26,29). The first-order valence-corrected chi connectivity index (χ1v) is 10.3. The SMILES string of the molecule is O=C(O)CN1CCN(CCc2cccc3c2CN(C2CCC(=O)NC2=O)C3=O)CC1. The van der Waals surface area contributed by atoms with Crippen molar-refractivity contribution in [2.45, 2.75) is 31.8 Å². The Labute approximate surface area is 174 Å². The first-order valence-electron chi connectivity index (χ1n) is 10.3. The van der Waals surface area contributed by atoms with Crippen molar-refractivity contribution in [1.82, 2.24) is 20.0 Å². The van der Waals surface area contributed by atoms with Crippen LogP contribution >= 0.6 is 0 Å². The zero-order valence-electron chi connectivity index (χ0n) is 16.8. The second-order valence-electron chi connectivity index (χ2n) is 8.10. The Morgan fingerprint density at radius 2 is 1.83 bits per heavy atom. The van der Waals surface area contributed by atoms with Gasteiger partial charge in [0.2, 0.25) is 11.8 Å². The molecule has 2 fully saturated rings. The molecule has 3 amide bonds. The number of rotatable bonds is 6. The Bertz CT molecular complexity index is 878. The molecule has 9 heteroatoms. The summed E-state index contributed by atoms with van der Waals surface area (Å²) in [5, 5.41) is 11.2. The van der Waals surface area contributed by atoms with Crippen LogP contribution in [0.5, 0.6) is 0 Å². The number of benzene rings is 1. The lowest BCUT2D eigenvalue weighted by Crippen LogP contribution is -2.52. The molecule has 0 aromatic heterocycles. The summed E-state index contributed by atoms with van der Waals surface area (Å²) in [7, 11) is 0. The van der Waals surface area contributed by atoms with Gasteiger partial charge in [0.25, 0.3) is 5.91 Å². The lowest BCUT2D eigenvalue weighted by atomic mass is 10.0. The molecular weight excluding hydrogens is 388 g/mol. The Hall–Kier alpha value is -2.78. The molecule has 2 saturated heterocycles. The second kappa shape index (κ2) is 8.53. The number of nitrogens with one attached hydrogen (secondary N) is 1. The average Bonchev–Trinajstić information content (AvgIpc) is 3.04. The largest absolute Gasteiger partial charge is 0.480 e. The fourth-order valence-electron chi connectivity index (χ4n) is 4.52. The monoisotopic (exact) mass is 414 g/mol. The Morgan fingerprint density at radius 3 is 2.53 bits per heavy atom. The molecule has 1 aromatic rings. The third-order valence-electron chi connectivity index (χ3n) is 6.20. The van der Waals surface area contributed by atoms with Crippen molar-refractivity contribution in [3.8, 4) is 0 Å². The third kappa shape index (κ3) is 4.22. The van der Waals surface area contributed by atoms with E-state index < -0.39 is 17.9 Å². The van der Waals surface area contributed by atoms with Crippen LogP contribution in [0.1, 0.15) is 34.3 Å². The Morgan fingerprint density at radius 1 is 1.10 bits per heavy atom. The summed E-state index contributed by atoms with van der Waals surface area (Å²) in [5.41, 5.74) is 2.71. The highest BCUT2D eigenvalue weighted by Gasteiger charge is 2.39. The number of hydrogen-bond donors (Lipinski definition) is 2. The van der Waals surface area contributed by atoms with Gasteiger partial charge < -0.3 is 14.9 Å². The first-order chi connectivity index (χ1) is 14.4. The molecule has 3 aliphatic heterocycles. The normalized spacial score (nSPS) is 22.9. The van der Waals surface area contributed by atoms with Crippen LogP contribution in [0, 0.1) is 0 Å². The molecule has 0 spiro atoms. The number of imide groups is 1. The minimum Gasteiger partial charge on any atom is -0.480 e. The van der Waals surface area contributed by atoms with E-state index in [0.717, 1.165) is 50.3 Å². The van der Waals surface area contributed by atoms with Crippen LogP contribution in [0.4, 0.5) is 0 Å². The Balaban J connectivity index is 1.38. The van der Waals surface area contributed by atoms with Crippen LogP contribution in [0.3, 0.4) is 0 Å². The number of nitrogens with zero attached hydrogens (tertiary/aromatic N) is 3. The van der Waals surface area contributed by atoms with Crippen molar-refractivity contribution in [2.75, 3.05) is 39.3 Å². The van der Waals surface area contributed by atoms with E-state index in [4.69, 9.17) is 5.11 Å². The van der Waals surface area contributed by atoms with Gasteiger partial charge in [-0.2, -0.15) is 0 Å². The van der Waals surface area contributed by atoms with E-state index in [1.165, 1.54) is 0 Å². The van der Waals surface area contributed by atoms with Crippen molar-refractivity contribution in [2.24, 2.45) is 0 Å². The quantitative estimate of drug-likeness (QED) is 0.615. The molecular formula is C21H26N4O5. The summed E-state index contributed by atoms with van der Waals surface area (Å²) in [4.78, 5) is 53.2. The number of hydrogen-bond acceptors (Lipinski definition) is 6. The maximum Gasteiger partial charge on any atom is 0.317 e. The summed E-state index contributed by atoms with van der Waals surface area (Å²) in [5.74, 6) is -1.63. The van der Waals surface area contributed by atoms with Gasteiger partial charge in [-0.05, 0) is 30.0 Å². The van der Waals surface area contributed by atoms with Crippen molar-refractivity contribution >= 4 is 23.7 Å². The van der Waals surface area contributed by atoms with E-state index in [9.17, 15) is 19.2 Å². The topological polar surface area (TPSA) is 110 Å². The smallest absolute Gasteiger partial charge is 0.317 e. The molecule has 0 bridgehead atoms. The minimum absolute atomic E-state index is 0.0817. The fourth-order valence-corrected chi connectivity index (χ4v) is 4.52. The number of carbonyl (C=O) groups is 4. The third-order valence-corrected chi connectivity index (χ3v) is 6.20. The first kappa shape index (κ1) is 20.5. The molecule has 1 unspecified atom stereocenters. The number of piperidine rings is 1. The minimum atomic E-state index is -0.798. The van der Waals surface area contributed by atoms with E-state index in [2.05, 4.69) is 10.2 Å². The highest BCUT2D eigenvalue weighted by atomic mass is 16.4. The fraction of sp³-hybridized carbons (Fsp3) is 0.524. The van der Waals surface area contributed by atoms with Gasteiger partial charge in [0.15, 0.2) is 0 Å². The number of piperazine rings is 1. The van der Waals surface area contributed by atoms with Gasteiger partial charge in [-0.3, -0.25) is 29.4 Å². The Kier molecular flexibility index (Phi) is 5.83. The summed E-state index contributed by atoms with van der Waals surface area (Å²) in [6.07, 6.45) is 1.40. The van der Waals surface area contributed by atoms with Crippen molar-refractivity contribution < 1.29 is 24.3 Å². The maximum absolute atomic E-state index is 12.9. The number of fused-ring (bicyclic) bond motifs is 1. The number of carboxylic acids is 1. The number of aliphatic carboxylic acids is 1. The highest BCUT2D eigenvalue weighted by molar-refractivity contribution is 6.05. The zero-order valence-corrected chi connectivity index (χ0v) is 16.8. The molecule has 4 rings (SSSR count).